The lowest BCUT2D eigenvalue weighted by molar-refractivity contribution is 0.0827. The van der Waals surface area contributed by atoms with Crippen LogP contribution in [0.1, 0.15) is 10.5 Å². The highest BCUT2D eigenvalue weighted by Gasteiger charge is 2.39. The first-order chi connectivity index (χ1) is 8.42. The molecule has 1 atom stereocenters. The van der Waals surface area contributed by atoms with Crippen molar-refractivity contribution < 1.29 is 4.79 Å². The minimum Gasteiger partial charge on any atom is -0.388 e. The molecule has 1 aliphatic heterocycles. The topological polar surface area (TPSA) is 85.3 Å². The summed E-state index contributed by atoms with van der Waals surface area (Å²) in [6, 6.07) is 1.50. The highest BCUT2D eigenvalue weighted by atomic mass is 35.5. The van der Waals surface area contributed by atoms with Crippen molar-refractivity contribution in [2.45, 2.75) is 5.12 Å². The first-order valence-electron chi connectivity index (χ1n) is 4.71. The lowest BCUT2D eigenvalue weighted by Gasteiger charge is -2.24. The minimum atomic E-state index is -1.72. The van der Waals surface area contributed by atoms with E-state index in [0.717, 1.165) is 4.68 Å². The maximum absolute atomic E-state index is 12.1. The minimum absolute atomic E-state index is 0.0863. The van der Waals surface area contributed by atoms with Gasteiger partial charge in [-0.25, -0.2) is 9.67 Å². The second kappa shape index (κ2) is 4.68. The van der Waals surface area contributed by atoms with Gasteiger partial charge >= 0.3 is 5.91 Å². The van der Waals surface area contributed by atoms with E-state index in [0.29, 0.717) is 5.69 Å². The SMILES string of the molecule is NC(=S)c1ccn(C(=O)C2(Cl)N=CC=C(Cl)N2)n1. The average molecular weight is 304 g/mol. The summed E-state index contributed by atoms with van der Waals surface area (Å²) in [5.41, 5.74) is 5.72. The van der Waals surface area contributed by atoms with Crippen LogP contribution in [0.4, 0.5) is 0 Å². The monoisotopic (exact) mass is 303 g/mol. The summed E-state index contributed by atoms with van der Waals surface area (Å²) in [5.74, 6) is -0.617. The van der Waals surface area contributed by atoms with Gasteiger partial charge in [-0.3, -0.25) is 4.79 Å². The Bertz CT molecular complexity index is 581. The lowest BCUT2D eigenvalue weighted by Crippen LogP contribution is -2.48. The molecule has 0 radical (unpaired) electrons. The zero-order valence-corrected chi connectivity index (χ0v) is 11.1. The Morgan fingerprint density at radius 1 is 1.61 bits per heavy atom. The van der Waals surface area contributed by atoms with Gasteiger partial charge in [0.15, 0.2) is 0 Å². The largest absolute Gasteiger partial charge is 0.388 e. The van der Waals surface area contributed by atoms with E-state index in [-0.39, 0.29) is 10.1 Å². The van der Waals surface area contributed by atoms with Crippen LogP contribution in [-0.4, -0.2) is 32.0 Å². The number of hydrogen-bond acceptors (Lipinski definition) is 5. The van der Waals surface area contributed by atoms with Crippen LogP contribution in [0.5, 0.6) is 0 Å². The second-order valence-corrected chi connectivity index (χ2v) is 4.75. The molecule has 3 N–H and O–H groups in total. The summed E-state index contributed by atoms with van der Waals surface area (Å²) in [5, 5.41) is 4.93. The van der Waals surface area contributed by atoms with Gasteiger partial charge in [-0.05, 0) is 12.1 Å². The van der Waals surface area contributed by atoms with E-state index in [9.17, 15) is 4.79 Å². The first kappa shape index (κ1) is 13.0. The fraction of sp³-hybridized carbons (Fsp3) is 0.111. The molecule has 0 bridgehead atoms. The molecule has 1 aromatic rings. The molecule has 6 nitrogen and oxygen atoms in total. The molecular weight excluding hydrogens is 297 g/mol. The molecule has 0 fully saturated rings. The van der Waals surface area contributed by atoms with Gasteiger partial charge < -0.3 is 11.1 Å². The van der Waals surface area contributed by atoms with Crippen LogP contribution in [0.2, 0.25) is 0 Å². The number of carbonyl (C=O) groups excluding carboxylic acids is 1. The third-order valence-corrected chi connectivity index (χ3v) is 2.87. The summed E-state index contributed by atoms with van der Waals surface area (Å²) < 4.78 is 1.00. The van der Waals surface area contributed by atoms with Crippen molar-refractivity contribution in [3.05, 3.63) is 29.2 Å². The molecule has 18 heavy (non-hydrogen) atoms. The van der Waals surface area contributed by atoms with Gasteiger partial charge in [-0.1, -0.05) is 35.4 Å². The van der Waals surface area contributed by atoms with Crippen molar-refractivity contribution in [3.8, 4) is 0 Å². The molecule has 2 rings (SSSR count). The predicted octanol–water partition coefficient (Wildman–Crippen LogP) is 0.804. The summed E-state index contributed by atoms with van der Waals surface area (Å²) in [6.07, 6.45) is 4.20. The zero-order valence-electron chi connectivity index (χ0n) is 8.80. The van der Waals surface area contributed by atoms with Gasteiger partial charge in [0.25, 0.3) is 5.12 Å². The fourth-order valence-corrected chi connectivity index (χ4v) is 1.86. The van der Waals surface area contributed by atoms with Crippen molar-refractivity contribution in [2.24, 2.45) is 10.7 Å². The summed E-state index contributed by atoms with van der Waals surface area (Å²) in [4.78, 5) is 16.0. The number of alkyl halides is 1. The van der Waals surface area contributed by atoms with E-state index < -0.39 is 11.0 Å². The number of aromatic nitrogens is 2. The number of nitrogens with zero attached hydrogens (tertiary/aromatic N) is 3. The molecule has 1 aromatic heterocycles. The first-order valence-corrected chi connectivity index (χ1v) is 5.87. The summed E-state index contributed by atoms with van der Waals surface area (Å²) in [7, 11) is 0. The number of halogens is 2. The second-order valence-electron chi connectivity index (χ2n) is 3.35. The smallest absolute Gasteiger partial charge is 0.311 e. The third-order valence-electron chi connectivity index (χ3n) is 2.09. The highest BCUT2D eigenvalue weighted by molar-refractivity contribution is 7.80. The number of hydrogen-bond donors (Lipinski definition) is 2. The predicted molar refractivity (Wildman–Crippen MR) is 72.9 cm³/mol. The maximum Gasteiger partial charge on any atom is 0.311 e. The van der Waals surface area contributed by atoms with E-state index in [1.807, 2.05) is 0 Å². The van der Waals surface area contributed by atoms with Crippen LogP contribution in [0, 0.1) is 0 Å². The Balaban J connectivity index is 2.28. The molecule has 0 aromatic carbocycles. The summed E-state index contributed by atoms with van der Waals surface area (Å²) >= 11 is 16.5. The average Bonchev–Trinajstić information content (AvgIpc) is 2.76. The molecular formula is C9H7Cl2N5OS. The normalized spacial score (nSPS) is 22.2. The lowest BCUT2D eigenvalue weighted by atomic mass is 10.4. The molecule has 2 heterocycles. The van der Waals surface area contributed by atoms with Crippen LogP contribution >= 0.6 is 35.4 Å². The molecule has 0 amide bonds. The van der Waals surface area contributed by atoms with Crippen molar-refractivity contribution in [1.82, 2.24) is 15.1 Å². The van der Waals surface area contributed by atoms with E-state index in [1.54, 1.807) is 0 Å². The number of allylic oxidation sites excluding steroid dienone is 1. The molecule has 9 heteroatoms. The molecule has 0 spiro atoms. The van der Waals surface area contributed by atoms with E-state index >= 15 is 0 Å². The molecule has 1 unspecified atom stereocenters. The Labute approximate surface area is 117 Å². The summed E-state index contributed by atoms with van der Waals surface area (Å²) in [6.45, 7) is 0. The van der Waals surface area contributed by atoms with Crippen LogP contribution in [-0.2, 0) is 0 Å². The number of carbonyl (C=O) groups is 1. The van der Waals surface area contributed by atoms with Gasteiger partial charge in [-0.2, -0.15) is 5.10 Å². The van der Waals surface area contributed by atoms with Crippen molar-refractivity contribution in [3.63, 3.8) is 0 Å². The van der Waals surface area contributed by atoms with Gasteiger partial charge in [0, 0.05) is 12.4 Å². The van der Waals surface area contributed by atoms with Crippen LogP contribution in [0.3, 0.4) is 0 Å². The van der Waals surface area contributed by atoms with Crippen molar-refractivity contribution in [1.29, 1.82) is 0 Å². The molecule has 1 aliphatic rings. The highest BCUT2D eigenvalue weighted by Crippen LogP contribution is 2.21. The molecule has 0 saturated carbocycles. The molecule has 0 saturated heterocycles. The third kappa shape index (κ3) is 2.38. The number of thiocarbonyl (C=S) groups is 1. The Morgan fingerprint density at radius 3 is 2.89 bits per heavy atom. The van der Waals surface area contributed by atoms with Gasteiger partial charge in [0.05, 0.1) is 0 Å². The Kier molecular flexibility index (Phi) is 3.38. The van der Waals surface area contributed by atoms with Crippen molar-refractivity contribution in [2.75, 3.05) is 0 Å². The zero-order chi connectivity index (χ0) is 13.3. The van der Waals surface area contributed by atoms with E-state index in [4.69, 9.17) is 41.2 Å². The van der Waals surface area contributed by atoms with Crippen LogP contribution in [0.15, 0.2) is 28.5 Å². The van der Waals surface area contributed by atoms with Crippen LogP contribution in [0.25, 0.3) is 0 Å². The number of aliphatic imine (C=N–C) groups is 1. The van der Waals surface area contributed by atoms with Crippen molar-refractivity contribution >= 4 is 52.5 Å². The maximum atomic E-state index is 12.1. The Morgan fingerprint density at radius 2 is 2.33 bits per heavy atom. The van der Waals surface area contributed by atoms with Gasteiger partial charge in [0.2, 0.25) is 0 Å². The number of nitrogens with two attached hydrogens (primary N) is 1. The van der Waals surface area contributed by atoms with E-state index in [1.165, 1.54) is 24.6 Å². The Hall–Kier alpha value is -1.44. The standard InChI is InChI=1S/C9H7Cl2N5OS/c10-6-1-3-13-9(11,14-6)8(17)16-4-2-5(15-16)7(12)18/h1-4,14H,(H2,12,18). The molecule has 94 valence electrons. The molecule has 0 aliphatic carbocycles. The fourth-order valence-electron chi connectivity index (χ4n) is 1.27. The van der Waals surface area contributed by atoms with Gasteiger partial charge in [0.1, 0.15) is 15.8 Å². The quantitative estimate of drug-likeness (QED) is 0.480. The van der Waals surface area contributed by atoms with Gasteiger partial charge in [-0.15, -0.1) is 0 Å². The van der Waals surface area contributed by atoms with E-state index in [2.05, 4.69) is 15.4 Å². The number of rotatable bonds is 2. The van der Waals surface area contributed by atoms with Crippen LogP contribution < -0.4 is 11.1 Å². The number of nitrogens with one attached hydrogen (secondary N) is 1.